The van der Waals surface area contributed by atoms with Gasteiger partial charge in [0.15, 0.2) is 6.10 Å². The molecule has 63 heavy (non-hydrogen) atoms. The first kappa shape index (κ1) is 60.3. The predicted octanol–water partition coefficient (Wildman–Crippen LogP) is 11.0. The Labute approximate surface area is 381 Å². The molecule has 0 amide bonds. The molecule has 5 N–H and O–H groups in total. The molecule has 0 aliphatic rings. The van der Waals surface area contributed by atoms with E-state index in [0.717, 1.165) is 31.6 Å². The first-order chi connectivity index (χ1) is 30.4. The highest BCUT2D eigenvalue weighted by Crippen LogP contribution is 2.43. The van der Waals surface area contributed by atoms with Crippen molar-refractivity contribution in [3.05, 3.63) is 72.9 Å². The number of hydrogen-bond acceptors (Lipinski definition) is 11. The average Bonchev–Trinajstić information content (AvgIpc) is 3.25. The van der Waals surface area contributed by atoms with Crippen LogP contribution in [0.4, 0.5) is 0 Å². The molecule has 0 aromatic heterocycles. The van der Waals surface area contributed by atoms with Gasteiger partial charge in [-0.25, -0.2) is 4.57 Å². The number of rotatable bonds is 43. The number of aliphatic hydroxyl groups is 4. The van der Waals surface area contributed by atoms with Gasteiger partial charge in [0.25, 0.3) is 0 Å². The maximum absolute atomic E-state index is 12.6. The standard InChI is InChI=1S/C50H87O12P/c1-4-5-26-34-45(52)35-28-22-18-16-19-23-29-36-46(53)37-30-25-32-39-50(56)62-48(43-61-63(57,58)60-41-47(54)40-51)42-59-49(55)38-31-24-20-15-13-11-9-7-6-8-10-12-14-17-21-27-33-44(2)3/h5,18-19,22-23,26,28-30,35-37,44-48,51-54H,4,6-17,20-21,24-25,27,31-34,38-43H2,1-3H3,(H,57,58)/b22-18-,23-19-,26-5-,35-28+,36-29+,37-30-/t45-,46-,47-,48+/m0/s1. The lowest BCUT2D eigenvalue weighted by Gasteiger charge is -2.20. The Hall–Kier alpha value is -2.67. The molecule has 0 aliphatic carbocycles. The van der Waals surface area contributed by atoms with E-state index in [0.29, 0.717) is 32.1 Å². The molecule has 0 saturated heterocycles. The van der Waals surface area contributed by atoms with Gasteiger partial charge in [0.2, 0.25) is 0 Å². The molecule has 0 rings (SSSR count). The second-order valence-electron chi connectivity index (χ2n) is 16.6. The largest absolute Gasteiger partial charge is 0.472 e. The fourth-order valence-electron chi connectivity index (χ4n) is 6.27. The molecule has 0 saturated carbocycles. The molecule has 0 spiro atoms. The molecule has 0 aromatic carbocycles. The maximum atomic E-state index is 12.6. The second kappa shape index (κ2) is 43.2. The van der Waals surface area contributed by atoms with Crippen molar-refractivity contribution >= 4 is 19.8 Å². The lowest BCUT2D eigenvalue weighted by Crippen LogP contribution is -2.29. The molecule has 0 heterocycles. The zero-order valence-electron chi connectivity index (χ0n) is 39.2. The van der Waals surface area contributed by atoms with Gasteiger partial charge in [-0.05, 0) is 44.4 Å². The van der Waals surface area contributed by atoms with Gasteiger partial charge in [-0.2, -0.15) is 0 Å². The highest BCUT2D eigenvalue weighted by Gasteiger charge is 2.27. The van der Waals surface area contributed by atoms with E-state index >= 15 is 0 Å². The normalized spacial score (nSPS) is 15.4. The summed E-state index contributed by atoms with van der Waals surface area (Å²) in [5, 5.41) is 38.4. The second-order valence-corrected chi connectivity index (χ2v) is 18.1. The van der Waals surface area contributed by atoms with Crippen LogP contribution in [0, 0.1) is 5.92 Å². The Balaban J connectivity index is 4.46. The number of esters is 2. The van der Waals surface area contributed by atoms with E-state index in [-0.39, 0.29) is 19.4 Å². The minimum absolute atomic E-state index is 0.00409. The Morgan fingerprint density at radius 3 is 1.71 bits per heavy atom. The topological polar surface area (TPSA) is 189 Å². The van der Waals surface area contributed by atoms with Crippen molar-refractivity contribution in [2.45, 2.75) is 199 Å². The van der Waals surface area contributed by atoms with Gasteiger partial charge in [-0.15, -0.1) is 0 Å². The van der Waals surface area contributed by atoms with Crippen LogP contribution in [0.15, 0.2) is 72.9 Å². The van der Waals surface area contributed by atoms with Gasteiger partial charge in [-0.3, -0.25) is 18.6 Å². The average molecular weight is 911 g/mol. The molecule has 0 bridgehead atoms. The summed E-state index contributed by atoms with van der Waals surface area (Å²) in [6.45, 7) is 4.32. The van der Waals surface area contributed by atoms with Crippen LogP contribution in [-0.4, -0.2) is 88.1 Å². The summed E-state index contributed by atoms with van der Waals surface area (Å²) in [5.74, 6) is -0.284. The summed E-state index contributed by atoms with van der Waals surface area (Å²) in [6.07, 6.45) is 42.3. The van der Waals surface area contributed by atoms with Crippen molar-refractivity contribution < 1.29 is 58.0 Å². The van der Waals surface area contributed by atoms with Crippen LogP contribution >= 0.6 is 7.82 Å². The van der Waals surface area contributed by atoms with Gasteiger partial charge in [0.1, 0.15) is 12.7 Å². The van der Waals surface area contributed by atoms with Crippen LogP contribution in [0.25, 0.3) is 0 Å². The van der Waals surface area contributed by atoms with Gasteiger partial charge < -0.3 is 34.8 Å². The number of carbonyl (C=O) groups is 2. The zero-order valence-corrected chi connectivity index (χ0v) is 40.0. The van der Waals surface area contributed by atoms with Crippen LogP contribution in [0.1, 0.15) is 175 Å². The third-order valence-electron chi connectivity index (χ3n) is 9.98. The number of ether oxygens (including phenoxy) is 2. The number of hydrogen-bond donors (Lipinski definition) is 5. The Morgan fingerprint density at radius 2 is 1.14 bits per heavy atom. The number of carbonyl (C=O) groups excluding carboxylic acids is 2. The number of phosphoric acid groups is 1. The zero-order chi connectivity index (χ0) is 46.7. The van der Waals surface area contributed by atoms with Gasteiger partial charge in [0, 0.05) is 12.8 Å². The van der Waals surface area contributed by atoms with Crippen LogP contribution < -0.4 is 0 Å². The van der Waals surface area contributed by atoms with E-state index in [4.69, 9.17) is 19.1 Å². The van der Waals surface area contributed by atoms with Crippen LogP contribution in [-0.2, 0) is 32.7 Å². The summed E-state index contributed by atoms with van der Waals surface area (Å²) in [6, 6.07) is 0. The highest BCUT2D eigenvalue weighted by molar-refractivity contribution is 7.47. The van der Waals surface area contributed by atoms with E-state index in [2.05, 4.69) is 18.4 Å². The third kappa shape index (κ3) is 44.3. The summed E-state index contributed by atoms with van der Waals surface area (Å²) in [4.78, 5) is 35.1. The lowest BCUT2D eigenvalue weighted by molar-refractivity contribution is -0.161. The van der Waals surface area contributed by atoms with Gasteiger partial charge in [0.05, 0.1) is 32.0 Å². The summed E-state index contributed by atoms with van der Waals surface area (Å²) >= 11 is 0. The van der Waals surface area contributed by atoms with E-state index in [1.165, 1.54) is 83.5 Å². The molecule has 0 aromatic rings. The van der Waals surface area contributed by atoms with E-state index in [9.17, 15) is 34.4 Å². The summed E-state index contributed by atoms with van der Waals surface area (Å²) in [7, 11) is -4.68. The van der Waals surface area contributed by atoms with E-state index in [1.54, 1.807) is 30.4 Å². The molecule has 13 heteroatoms. The smallest absolute Gasteiger partial charge is 0.462 e. The lowest BCUT2D eigenvalue weighted by atomic mass is 10.0. The third-order valence-corrected chi connectivity index (χ3v) is 10.9. The van der Waals surface area contributed by atoms with E-state index in [1.807, 2.05) is 49.5 Å². The highest BCUT2D eigenvalue weighted by atomic mass is 31.2. The van der Waals surface area contributed by atoms with E-state index < -0.39 is 64.0 Å². The Morgan fingerprint density at radius 1 is 0.603 bits per heavy atom. The number of phosphoric ester groups is 1. The predicted molar refractivity (Wildman–Crippen MR) is 254 cm³/mol. The van der Waals surface area contributed by atoms with Crippen molar-refractivity contribution in [1.29, 1.82) is 0 Å². The molecule has 0 radical (unpaired) electrons. The number of unbranched alkanes of at least 4 members (excludes halogenated alkanes) is 16. The maximum Gasteiger partial charge on any atom is 0.472 e. The summed E-state index contributed by atoms with van der Waals surface area (Å²) in [5.41, 5.74) is 0. The summed E-state index contributed by atoms with van der Waals surface area (Å²) < 4.78 is 32.6. The quantitative estimate of drug-likeness (QED) is 0.0128. The van der Waals surface area contributed by atoms with Crippen LogP contribution in [0.2, 0.25) is 0 Å². The molecule has 0 fully saturated rings. The van der Waals surface area contributed by atoms with Crippen molar-refractivity contribution in [2.75, 3.05) is 26.4 Å². The van der Waals surface area contributed by atoms with Crippen molar-refractivity contribution in [3.63, 3.8) is 0 Å². The number of aliphatic hydroxyl groups excluding tert-OH is 4. The molecule has 364 valence electrons. The van der Waals surface area contributed by atoms with Gasteiger partial charge >= 0.3 is 19.8 Å². The molecule has 12 nitrogen and oxygen atoms in total. The fraction of sp³-hybridized carbons (Fsp3) is 0.720. The molecular weight excluding hydrogens is 824 g/mol. The van der Waals surface area contributed by atoms with Crippen LogP contribution in [0.5, 0.6) is 0 Å². The number of allylic oxidation sites excluding steroid dienone is 8. The molecule has 0 aliphatic heterocycles. The first-order valence-corrected chi connectivity index (χ1v) is 25.5. The minimum atomic E-state index is -4.68. The Kier molecular flexibility index (Phi) is 41.4. The SMILES string of the molecule is CC/C=C\C[C@H](O)/C=C/C=C\C/C=C\C=C\[C@H](O)/C=C\CCCC(=O)O[C@H](COC(=O)CCCCCCCCCCCCCCCCCCC(C)C)COP(=O)(O)OC[C@@H](O)CO. The van der Waals surface area contributed by atoms with Gasteiger partial charge in [-0.1, -0.05) is 196 Å². The van der Waals surface area contributed by atoms with Crippen molar-refractivity contribution in [3.8, 4) is 0 Å². The van der Waals surface area contributed by atoms with Crippen molar-refractivity contribution in [2.24, 2.45) is 5.92 Å². The Bertz CT molecular complexity index is 1320. The van der Waals surface area contributed by atoms with Crippen molar-refractivity contribution in [1.82, 2.24) is 0 Å². The van der Waals surface area contributed by atoms with Crippen LogP contribution in [0.3, 0.4) is 0 Å². The molecule has 5 atom stereocenters. The fourth-order valence-corrected chi connectivity index (χ4v) is 7.06. The molecular formula is C50H87O12P. The first-order valence-electron chi connectivity index (χ1n) is 24.0. The molecule has 1 unspecified atom stereocenters. The monoisotopic (exact) mass is 911 g/mol. The minimum Gasteiger partial charge on any atom is -0.462 e.